The van der Waals surface area contributed by atoms with Crippen LogP contribution in [0.2, 0.25) is 0 Å². The molecule has 1 aliphatic rings. The third-order valence-corrected chi connectivity index (χ3v) is 6.46. The summed E-state index contributed by atoms with van der Waals surface area (Å²) in [5.41, 5.74) is 11.7. The number of nitrogens with two attached hydrogens (primary N) is 1. The van der Waals surface area contributed by atoms with E-state index in [0.717, 1.165) is 51.1 Å². The quantitative estimate of drug-likeness (QED) is 0.624. The normalized spacial score (nSPS) is 16.0. The Morgan fingerprint density at radius 2 is 1.73 bits per heavy atom. The number of hydrogen-bond donors (Lipinski definition) is 1. The molecular weight excluding hydrogens is 396 g/mol. The highest BCUT2D eigenvalue weighted by atomic mass is 32.1. The summed E-state index contributed by atoms with van der Waals surface area (Å²) in [5, 5.41) is 8.05. The van der Waals surface area contributed by atoms with E-state index in [9.17, 15) is 0 Å². The van der Waals surface area contributed by atoms with Crippen molar-refractivity contribution in [1.29, 1.82) is 0 Å². The summed E-state index contributed by atoms with van der Waals surface area (Å²) >= 11 is 1.67. The number of nitrogens with zero attached hydrogens (tertiary/aromatic N) is 3. The zero-order valence-corrected chi connectivity index (χ0v) is 18.7. The molecule has 1 aliphatic heterocycles. The van der Waals surface area contributed by atoms with E-state index < -0.39 is 0 Å². The molecule has 1 aromatic heterocycles. The molecule has 0 saturated carbocycles. The van der Waals surface area contributed by atoms with Gasteiger partial charge in [0.2, 0.25) is 5.13 Å². The summed E-state index contributed by atoms with van der Waals surface area (Å²) in [6, 6.07) is 12.0. The SMILES string of the molecule is COc1cc2c(cc1OC)C(c1ccc(N)cc1)=NN(c1nc(C)c(C)s1)C(C)C2. The van der Waals surface area contributed by atoms with E-state index in [2.05, 4.69) is 19.9 Å². The first kappa shape index (κ1) is 20.2. The standard InChI is InChI=1S/C23H26N4O2S/c1-13-10-17-11-20(28-4)21(29-5)12-19(17)22(16-6-8-18(24)9-7-16)26-27(13)23-25-14(2)15(3)30-23/h6-9,11-13H,10,24H2,1-5H3. The number of fused-ring (bicyclic) bond motifs is 1. The average Bonchev–Trinajstić information content (AvgIpc) is 2.99. The van der Waals surface area contributed by atoms with Gasteiger partial charge in [-0.1, -0.05) is 12.1 Å². The van der Waals surface area contributed by atoms with E-state index in [0.29, 0.717) is 5.75 Å². The molecule has 1 atom stereocenters. The summed E-state index contributed by atoms with van der Waals surface area (Å²) in [6.07, 6.45) is 0.801. The molecule has 7 heteroatoms. The second kappa shape index (κ2) is 7.99. The minimum absolute atomic E-state index is 0.123. The van der Waals surface area contributed by atoms with Crippen molar-refractivity contribution in [3.63, 3.8) is 0 Å². The Morgan fingerprint density at radius 1 is 1.07 bits per heavy atom. The van der Waals surface area contributed by atoms with Crippen molar-refractivity contribution in [2.75, 3.05) is 25.0 Å². The molecule has 4 rings (SSSR count). The summed E-state index contributed by atoms with van der Waals surface area (Å²) in [4.78, 5) is 5.97. The predicted octanol–water partition coefficient (Wildman–Crippen LogP) is 4.56. The lowest BCUT2D eigenvalue weighted by Crippen LogP contribution is -2.29. The van der Waals surface area contributed by atoms with Crippen molar-refractivity contribution < 1.29 is 9.47 Å². The first-order valence-electron chi connectivity index (χ1n) is 9.84. The Balaban J connectivity index is 1.94. The van der Waals surface area contributed by atoms with Gasteiger partial charge in [-0.25, -0.2) is 9.99 Å². The topological polar surface area (TPSA) is 73.0 Å². The van der Waals surface area contributed by atoms with Gasteiger partial charge in [0.25, 0.3) is 0 Å². The maximum Gasteiger partial charge on any atom is 0.206 e. The van der Waals surface area contributed by atoms with Crippen LogP contribution in [0, 0.1) is 13.8 Å². The van der Waals surface area contributed by atoms with E-state index in [1.54, 1.807) is 25.6 Å². The molecule has 0 saturated heterocycles. The first-order chi connectivity index (χ1) is 14.4. The van der Waals surface area contributed by atoms with Crippen LogP contribution in [0.15, 0.2) is 41.5 Å². The Labute approximate surface area is 181 Å². The van der Waals surface area contributed by atoms with Crippen molar-refractivity contribution in [3.05, 3.63) is 63.7 Å². The molecule has 0 radical (unpaired) electrons. The first-order valence-corrected chi connectivity index (χ1v) is 10.7. The molecule has 0 bridgehead atoms. The van der Waals surface area contributed by atoms with Crippen molar-refractivity contribution in [1.82, 2.24) is 4.98 Å². The lowest BCUT2D eigenvalue weighted by molar-refractivity contribution is 0.354. The molecule has 6 nitrogen and oxygen atoms in total. The minimum Gasteiger partial charge on any atom is -0.493 e. The molecule has 30 heavy (non-hydrogen) atoms. The van der Waals surface area contributed by atoms with Gasteiger partial charge in [-0.05, 0) is 57.0 Å². The molecule has 0 aliphatic carbocycles. The fraction of sp³-hybridized carbons (Fsp3) is 0.304. The van der Waals surface area contributed by atoms with Gasteiger partial charge in [-0.2, -0.15) is 5.10 Å². The van der Waals surface area contributed by atoms with Crippen LogP contribution in [0.5, 0.6) is 11.5 Å². The lowest BCUT2D eigenvalue weighted by Gasteiger charge is -2.22. The van der Waals surface area contributed by atoms with Gasteiger partial charge in [0.05, 0.1) is 31.7 Å². The van der Waals surface area contributed by atoms with E-state index in [1.165, 1.54) is 4.88 Å². The monoisotopic (exact) mass is 422 g/mol. The Bertz CT molecular complexity index is 1090. The van der Waals surface area contributed by atoms with Crippen LogP contribution in [0.1, 0.15) is 34.2 Å². The van der Waals surface area contributed by atoms with Crippen LogP contribution < -0.4 is 20.2 Å². The van der Waals surface area contributed by atoms with Gasteiger partial charge in [0.1, 0.15) is 0 Å². The number of aryl methyl sites for hydroxylation is 2. The summed E-state index contributed by atoms with van der Waals surface area (Å²) in [7, 11) is 3.31. The number of anilines is 2. The van der Waals surface area contributed by atoms with Crippen LogP contribution in [-0.4, -0.2) is 31.0 Å². The van der Waals surface area contributed by atoms with Crippen LogP contribution in [0.25, 0.3) is 0 Å². The number of ether oxygens (including phenoxy) is 2. The van der Waals surface area contributed by atoms with Gasteiger partial charge in [0, 0.05) is 21.7 Å². The summed E-state index contributed by atoms with van der Waals surface area (Å²) in [5.74, 6) is 1.40. The maximum absolute atomic E-state index is 5.93. The van der Waals surface area contributed by atoms with Gasteiger partial charge in [-0.3, -0.25) is 0 Å². The number of methoxy groups -OCH3 is 2. The fourth-order valence-corrected chi connectivity index (χ4v) is 4.58. The number of hydrogen-bond acceptors (Lipinski definition) is 7. The molecule has 1 unspecified atom stereocenters. The highest BCUT2D eigenvalue weighted by molar-refractivity contribution is 7.15. The predicted molar refractivity (Wildman–Crippen MR) is 123 cm³/mol. The molecule has 0 spiro atoms. The molecule has 2 heterocycles. The molecule has 2 N–H and O–H groups in total. The number of aromatic nitrogens is 1. The average molecular weight is 423 g/mol. The highest BCUT2D eigenvalue weighted by Crippen LogP contribution is 2.36. The van der Waals surface area contributed by atoms with Gasteiger partial charge >= 0.3 is 0 Å². The zero-order valence-electron chi connectivity index (χ0n) is 17.9. The van der Waals surface area contributed by atoms with Crippen LogP contribution in [0.3, 0.4) is 0 Å². The summed E-state index contributed by atoms with van der Waals surface area (Å²) in [6.45, 7) is 6.29. The van der Waals surface area contributed by atoms with E-state index >= 15 is 0 Å². The minimum atomic E-state index is 0.123. The van der Waals surface area contributed by atoms with Crippen molar-refractivity contribution in [2.45, 2.75) is 33.2 Å². The van der Waals surface area contributed by atoms with Gasteiger partial charge in [0.15, 0.2) is 11.5 Å². The molecule has 0 amide bonds. The van der Waals surface area contributed by atoms with Crippen LogP contribution in [0.4, 0.5) is 10.8 Å². The van der Waals surface area contributed by atoms with Gasteiger partial charge in [-0.15, -0.1) is 11.3 Å². The van der Waals surface area contributed by atoms with Crippen molar-refractivity contribution >= 4 is 27.9 Å². The fourth-order valence-electron chi connectivity index (χ4n) is 3.61. The second-order valence-corrected chi connectivity index (χ2v) is 8.65. The van der Waals surface area contributed by atoms with E-state index in [4.69, 9.17) is 25.3 Å². The molecule has 0 fully saturated rings. The number of hydrazone groups is 1. The Hall–Kier alpha value is -3.06. The van der Waals surface area contributed by atoms with Crippen molar-refractivity contribution in [2.24, 2.45) is 5.10 Å². The second-order valence-electron chi connectivity index (χ2n) is 7.47. The number of thiazole rings is 1. The highest BCUT2D eigenvalue weighted by Gasteiger charge is 2.27. The molecular formula is C23H26N4O2S. The summed E-state index contributed by atoms with van der Waals surface area (Å²) < 4.78 is 11.1. The smallest absolute Gasteiger partial charge is 0.206 e. The third kappa shape index (κ3) is 3.61. The molecule has 3 aromatic rings. The number of rotatable bonds is 4. The maximum atomic E-state index is 5.93. The van der Waals surface area contributed by atoms with Crippen molar-refractivity contribution in [3.8, 4) is 11.5 Å². The Kier molecular flexibility index (Phi) is 5.39. The number of nitrogen functional groups attached to an aromatic ring is 1. The van der Waals surface area contributed by atoms with E-state index in [1.807, 2.05) is 42.3 Å². The number of benzene rings is 2. The largest absolute Gasteiger partial charge is 0.493 e. The van der Waals surface area contributed by atoms with E-state index in [-0.39, 0.29) is 6.04 Å². The third-order valence-electron chi connectivity index (χ3n) is 5.40. The molecule has 2 aromatic carbocycles. The lowest BCUT2D eigenvalue weighted by atomic mass is 9.94. The van der Waals surface area contributed by atoms with Crippen LogP contribution >= 0.6 is 11.3 Å². The Morgan fingerprint density at radius 3 is 2.33 bits per heavy atom. The molecule has 156 valence electrons. The van der Waals surface area contributed by atoms with Crippen LogP contribution in [-0.2, 0) is 6.42 Å². The van der Waals surface area contributed by atoms with Gasteiger partial charge < -0.3 is 15.2 Å². The zero-order chi connectivity index (χ0) is 21.4.